The van der Waals surface area contributed by atoms with Crippen LogP contribution in [0.3, 0.4) is 0 Å². The van der Waals surface area contributed by atoms with Crippen molar-refractivity contribution in [1.82, 2.24) is 4.98 Å². The van der Waals surface area contributed by atoms with E-state index >= 15 is 0 Å². The summed E-state index contributed by atoms with van der Waals surface area (Å²) in [5.41, 5.74) is 2.91. The molecule has 0 aliphatic heterocycles. The van der Waals surface area contributed by atoms with Crippen LogP contribution in [0.2, 0.25) is 0 Å². The van der Waals surface area contributed by atoms with Crippen LogP contribution in [-0.2, 0) is 12.8 Å². The van der Waals surface area contributed by atoms with Crippen molar-refractivity contribution < 1.29 is 9.13 Å². The van der Waals surface area contributed by atoms with Crippen molar-refractivity contribution in [2.45, 2.75) is 32.4 Å². The van der Waals surface area contributed by atoms with E-state index in [4.69, 9.17) is 4.74 Å². The molecule has 76 valence electrons. The number of aromatic nitrogens is 1. The van der Waals surface area contributed by atoms with Gasteiger partial charge in [0.25, 0.3) is 0 Å². The van der Waals surface area contributed by atoms with E-state index in [9.17, 15) is 4.39 Å². The molecule has 1 unspecified atom stereocenters. The molecule has 0 spiro atoms. The van der Waals surface area contributed by atoms with Crippen molar-refractivity contribution >= 4 is 0 Å². The van der Waals surface area contributed by atoms with E-state index < -0.39 is 6.17 Å². The number of pyridine rings is 1. The Hall–Kier alpha value is -1.12. The Labute approximate surface area is 83.1 Å². The number of aryl methyl sites for hydroxylation is 2. The molecule has 2 nitrogen and oxygen atoms in total. The number of alkyl halides is 1. The minimum Gasteiger partial charge on any atom is -0.496 e. The first-order valence-corrected chi connectivity index (χ1v) is 4.88. The SMILES string of the molecule is COc1cc(C)nc2c1CC(F)CC2. The summed E-state index contributed by atoms with van der Waals surface area (Å²) in [6, 6.07) is 1.87. The van der Waals surface area contributed by atoms with E-state index in [-0.39, 0.29) is 0 Å². The van der Waals surface area contributed by atoms with E-state index in [0.29, 0.717) is 12.8 Å². The maximum absolute atomic E-state index is 13.2. The second-order valence-corrected chi connectivity index (χ2v) is 3.73. The molecule has 0 aromatic carbocycles. The lowest BCUT2D eigenvalue weighted by atomic mass is 9.93. The largest absolute Gasteiger partial charge is 0.496 e. The fourth-order valence-electron chi connectivity index (χ4n) is 1.96. The number of methoxy groups -OCH3 is 1. The molecule has 1 aliphatic rings. The molecule has 1 aromatic heterocycles. The summed E-state index contributed by atoms with van der Waals surface area (Å²) in [6.07, 6.45) is 1.04. The van der Waals surface area contributed by atoms with E-state index in [1.165, 1.54) is 0 Å². The number of halogens is 1. The molecular formula is C11H14FNO. The van der Waals surface area contributed by atoms with Gasteiger partial charge in [-0.05, 0) is 19.8 Å². The summed E-state index contributed by atoms with van der Waals surface area (Å²) in [4.78, 5) is 4.41. The maximum atomic E-state index is 13.2. The van der Waals surface area contributed by atoms with E-state index in [1.807, 2.05) is 13.0 Å². The highest BCUT2D eigenvalue weighted by molar-refractivity contribution is 5.40. The summed E-state index contributed by atoms with van der Waals surface area (Å²) in [5, 5.41) is 0. The van der Waals surface area contributed by atoms with Gasteiger partial charge in [-0.1, -0.05) is 0 Å². The monoisotopic (exact) mass is 195 g/mol. The predicted octanol–water partition coefficient (Wildman–Crippen LogP) is 2.23. The summed E-state index contributed by atoms with van der Waals surface area (Å²) >= 11 is 0. The number of nitrogens with zero attached hydrogens (tertiary/aromatic N) is 1. The Kier molecular flexibility index (Phi) is 2.40. The standard InChI is InChI=1S/C11H14FNO/c1-7-5-11(14-2)9-6-8(12)3-4-10(9)13-7/h5,8H,3-4,6H2,1-2H3. The van der Waals surface area contributed by atoms with Crippen molar-refractivity contribution in [2.75, 3.05) is 7.11 Å². The zero-order valence-electron chi connectivity index (χ0n) is 8.51. The minimum atomic E-state index is -0.735. The Balaban J connectivity index is 2.47. The van der Waals surface area contributed by atoms with Gasteiger partial charge in [0.2, 0.25) is 0 Å². The van der Waals surface area contributed by atoms with Gasteiger partial charge < -0.3 is 4.74 Å². The molecule has 0 amide bonds. The van der Waals surface area contributed by atoms with Crippen LogP contribution in [0, 0.1) is 6.92 Å². The molecule has 0 fully saturated rings. The minimum absolute atomic E-state index is 0.450. The van der Waals surface area contributed by atoms with E-state index in [0.717, 1.165) is 29.1 Å². The van der Waals surface area contributed by atoms with Crippen molar-refractivity contribution in [3.05, 3.63) is 23.0 Å². The van der Waals surface area contributed by atoms with E-state index in [1.54, 1.807) is 7.11 Å². The number of hydrogen-bond donors (Lipinski definition) is 0. The van der Waals surface area contributed by atoms with Crippen LogP contribution in [0.5, 0.6) is 5.75 Å². The molecular weight excluding hydrogens is 181 g/mol. The molecule has 0 saturated carbocycles. The second-order valence-electron chi connectivity index (χ2n) is 3.73. The van der Waals surface area contributed by atoms with Crippen LogP contribution in [0.1, 0.15) is 23.4 Å². The quantitative estimate of drug-likeness (QED) is 0.685. The van der Waals surface area contributed by atoms with Crippen LogP contribution < -0.4 is 4.74 Å². The van der Waals surface area contributed by atoms with Crippen LogP contribution in [0.4, 0.5) is 4.39 Å². The molecule has 0 saturated heterocycles. The fraction of sp³-hybridized carbons (Fsp3) is 0.545. The molecule has 0 N–H and O–H groups in total. The zero-order chi connectivity index (χ0) is 10.1. The Morgan fingerprint density at radius 3 is 3.07 bits per heavy atom. The van der Waals surface area contributed by atoms with Crippen LogP contribution in [0.25, 0.3) is 0 Å². The Bertz CT molecular complexity index is 334. The van der Waals surface area contributed by atoms with Gasteiger partial charge in [-0.2, -0.15) is 0 Å². The molecule has 1 aliphatic carbocycles. The first-order chi connectivity index (χ1) is 6.70. The number of rotatable bonds is 1. The van der Waals surface area contributed by atoms with Crippen LogP contribution >= 0.6 is 0 Å². The summed E-state index contributed by atoms with van der Waals surface area (Å²) in [6.45, 7) is 1.93. The first kappa shape index (κ1) is 9.44. The highest BCUT2D eigenvalue weighted by Gasteiger charge is 2.22. The van der Waals surface area contributed by atoms with Crippen molar-refractivity contribution in [1.29, 1.82) is 0 Å². The first-order valence-electron chi connectivity index (χ1n) is 4.88. The van der Waals surface area contributed by atoms with Gasteiger partial charge in [-0.3, -0.25) is 4.98 Å². The van der Waals surface area contributed by atoms with Crippen molar-refractivity contribution in [3.63, 3.8) is 0 Å². The molecule has 0 radical (unpaired) electrons. The smallest absolute Gasteiger partial charge is 0.125 e. The normalized spacial score (nSPS) is 20.4. The topological polar surface area (TPSA) is 22.1 Å². The van der Waals surface area contributed by atoms with Gasteiger partial charge in [0.15, 0.2) is 0 Å². The number of fused-ring (bicyclic) bond motifs is 1. The lowest BCUT2D eigenvalue weighted by molar-refractivity contribution is 0.293. The molecule has 14 heavy (non-hydrogen) atoms. The van der Waals surface area contributed by atoms with Gasteiger partial charge in [-0.25, -0.2) is 4.39 Å². The van der Waals surface area contributed by atoms with E-state index in [2.05, 4.69) is 4.98 Å². The van der Waals surface area contributed by atoms with Gasteiger partial charge in [0, 0.05) is 29.4 Å². The molecule has 1 heterocycles. The van der Waals surface area contributed by atoms with Crippen LogP contribution in [0.15, 0.2) is 6.07 Å². The summed E-state index contributed by atoms with van der Waals surface area (Å²) in [7, 11) is 1.62. The second kappa shape index (κ2) is 3.56. The lowest BCUT2D eigenvalue weighted by Gasteiger charge is -2.20. The third-order valence-electron chi connectivity index (χ3n) is 2.64. The number of ether oxygens (including phenoxy) is 1. The molecule has 1 aromatic rings. The predicted molar refractivity (Wildman–Crippen MR) is 52.4 cm³/mol. The average molecular weight is 195 g/mol. The highest BCUT2D eigenvalue weighted by atomic mass is 19.1. The fourth-order valence-corrected chi connectivity index (χ4v) is 1.96. The van der Waals surface area contributed by atoms with Gasteiger partial charge in [0.1, 0.15) is 11.9 Å². The molecule has 0 bridgehead atoms. The van der Waals surface area contributed by atoms with Crippen LogP contribution in [-0.4, -0.2) is 18.3 Å². The zero-order valence-corrected chi connectivity index (χ0v) is 8.51. The molecule has 1 atom stereocenters. The van der Waals surface area contributed by atoms with Crippen molar-refractivity contribution in [2.24, 2.45) is 0 Å². The number of hydrogen-bond acceptors (Lipinski definition) is 2. The average Bonchev–Trinajstić information content (AvgIpc) is 2.17. The van der Waals surface area contributed by atoms with Crippen molar-refractivity contribution in [3.8, 4) is 5.75 Å². The lowest BCUT2D eigenvalue weighted by Crippen LogP contribution is -2.17. The summed E-state index contributed by atoms with van der Waals surface area (Å²) in [5.74, 6) is 0.787. The molecule has 2 rings (SSSR count). The van der Waals surface area contributed by atoms with Gasteiger partial charge in [0.05, 0.1) is 7.11 Å². The molecule has 3 heteroatoms. The Morgan fingerprint density at radius 2 is 2.36 bits per heavy atom. The Morgan fingerprint density at radius 1 is 1.57 bits per heavy atom. The maximum Gasteiger partial charge on any atom is 0.125 e. The summed E-state index contributed by atoms with van der Waals surface area (Å²) < 4.78 is 18.4. The third-order valence-corrected chi connectivity index (χ3v) is 2.64. The van der Waals surface area contributed by atoms with Gasteiger partial charge in [-0.15, -0.1) is 0 Å². The van der Waals surface area contributed by atoms with Gasteiger partial charge >= 0.3 is 0 Å². The third kappa shape index (κ3) is 1.59. The highest BCUT2D eigenvalue weighted by Crippen LogP contribution is 2.30.